The van der Waals surface area contributed by atoms with E-state index in [2.05, 4.69) is 0 Å². The van der Waals surface area contributed by atoms with Gasteiger partial charge in [0, 0.05) is 16.8 Å². The largest absolute Gasteiger partial charge is 0.394 e. The molecule has 5 unspecified atom stereocenters. The molecule has 0 saturated heterocycles. The van der Waals surface area contributed by atoms with Gasteiger partial charge < -0.3 is 14.9 Å². The summed E-state index contributed by atoms with van der Waals surface area (Å²) in [5, 5.41) is 17.8. The zero-order valence-electron chi connectivity index (χ0n) is 9.43. The summed E-state index contributed by atoms with van der Waals surface area (Å²) in [7, 11) is 1.36. The molecule has 2 aliphatic rings. The van der Waals surface area contributed by atoms with Crippen LogP contribution in [0.25, 0.3) is 0 Å². The smallest absolute Gasteiger partial charge is 0.100 e. The van der Waals surface area contributed by atoms with Crippen LogP contribution in [0.1, 0.15) is 19.3 Å². The molecule has 0 aliphatic heterocycles. The summed E-state index contributed by atoms with van der Waals surface area (Å²) in [6, 6.07) is 0. The van der Waals surface area contributed by atoms with E-state index in [4.69, 9.17) is 14.9 Å². The zero-order valence-corrected chi connectivity index (χ0v) is 11.4. The second kappa shape index (κ2) is 4.95. The lowest BCUT2D eigenvalue weighted by Gasteiger charge is -2.25. The Labute approximate surface area is 94.3 Å². The van der Waals surface area contributed by atoms with Crippen LogP contribution < -0.4 is 0 Å². The maximum absolute atomic E-state index is 9.14. The van der Waals surface area contributed by atoms with Gasteiger partial charge in [-0.1, -0.05) is 12.0 Å². The molecule has 3 nitrogen and oxygen atoms in total. The summed E-state index contributed by atoms with van der Waals surface area (Å²) < 4.78 is 5.46. The SMILES string of the molecule is OCC(O)COCC1CC2CC1CC2[SiH3]. The molecule has 0 aromatic heterocycles. The van der Waals surface area contributed by atoms with Crippen molar-refractivity contribution in [3.05, 3.63) is 0 Å². The van der Waals surface area contributed by atoms with Crippen molar-refractivity contribution >= 4 is 10.2 Å². The fourth-order valence-electron chi connectivity index (χ4n) is 3.29. The molecule has 0 heterocycles. The number of rotatable bonds is 5. The minimum absolute atomic E-state index is 0.195. The van der Waals surface area contributed by atoms with Crippen LogP contribution in [0.15, 0.2) is 0 Å². The zero-order chi connectivity index (χ0) is 10.8. The first-order valence-electron chi connectivity index (χ1n) is 6.07. The normalized spacial score (nSPS) is 41.2. The first kappa shape index (κ1) is 11.6. The second-order valence-corrected chi connectivity index (χ2v) is 6.82. The van der Waals surface area contributed by atoms with Crippen molar-refractivity contribution in [3.8, 4) is 0 Å². The van der Waals surface area contributed by atoms with Gasteiger partial charge in [-0.05, 0) is 30.6 Å². The summed E-state index contributed by atoms with van der Waals surface area (Å²) in [4.78, 5) is 0. The molecule has 0 amide bonds. The Morgan fingerprint density at radius 1 is 1.27 bits per heavy atom. The first-order chi connectivity index (χ1) is 7.20. The molecule has 2 aliphatic carbocycles. The predicted octanol–water partition coefficient (Wildman–Crippen LogP) is -0.444. The van der Waals surface area contributed by atoms with Gasteiger partial charge in [-0.25, -0.2) is 0 Å². The molecule has 88 valence electrons. The predicted molar refractivity (Wildman–Crippen MR) is 61.9 cm³/mol. The Morgan fingerprint density at radius 3 is 2.60 bits per heavy atom. The van der Waals surface area contributed by atoms with Crippen molar-refractivity contribution in [2.45, 2.75) is 30.9 Å². The highest BCUT2D eigenvalue weighted by atomic mass is 28.1. The second-order valence-electron chi connectivity index (χ2n) is 5.34. The van der Waals surface area contributed by atoms with Gasteiger partial charge in [0.25, 0.3) is 0 Å². The van der Waals surface area contributed by atoms with Crippen molar-refractivity contribution in [2.24, 2.45) is 17.8 Å². The number of aliphatic hydroxyl groups is 2. The van der Waals surface area contributed by atoms with Crippen molar-refractivity contribution in [3.63, 3.8) is 0 Å². The molecule has 2 N–H and O–H groups in total. The summed E-state index contributed by atoms with van der Waals surface area (Å²) in [6.45, 7) is 0.876. The highest BCUT2D eigenvalue weighted by molar-refractivity contribution is 6.12. The fraction of sp³-hybridized carbons (Fsp3) is 1.00. The van der Waals surface area contributed by atoms with Gasteiger partial charge in [0.05, 0.1) is 13.2 Å². The van der Waals surface area contributed by atoms with Gasteiger partial charge in [0.15, 0.2) is 0 Å². The summed E-state index contributed by atoms with van der Waals surface area (Å²) in [6.07, 6.45) is 3.49. The first-order valence-corrected chi connectivity index (χ1v) is 7.22. The Bertz CT molecular complexity index is 210. The van der Waals surface area contributed by atoms with Crippen LogP contribution in [0.4, 0.5) is 0 Å². The third-order valence-corrected chi connectivity index (χ3v) is 5.62. The maximum atomic E-state index is 9.14. The van der Waals surface area contributed by atoms with Crippen molar-refractivity contribution in [1.82, 2.24) is 0 Å². The van der Waals surface area contributed by atoms with E-state index < -0.39 is 6.10 Å². The van der Waals surface area contributed by atoms with E-state index in [0.717, 1.165) is 29.9 Å². The molecule has 2 saturated carbocycles. The van der Waals surface area contributed by atoms with Crippen LogP contribution in [-0.2, 0) is 4.74 Å². The third-order valence-electron chi connectivity index (χ3n) is 4.21. The molecule has 2 bridgehead atoms. The van der Waals surface area contributed by atoms with E-state index in [-0.39, 0.29) is 13.2 Å². The van der Waals surface area contributed by atoms with E-state index in [9.17, 15) is 0 Å². The molecular weight excluding hydrogens is 208 g/mol. The Balaban J connectivity index is 1.66. The van der Waals surface area contributed by atoms with Crippen molar-refractivity contribution in [2.75, 3.05) is 19.8 Å². The highest BCUT2D eigenvalue weighted by Gasteiger charge is 2.43. The van der Waals surface area contributed by atoms with Crippen LogP contribution >= 0.6 is 0 Å². The van der Waals surface area contributed by atoms with Gasteiger partial charge in [0.2, 0.25) is 0 Å². The highest BCUT2D eigenvalue weighted by Crippen LogP contribution is 2.53. The van der Waals surface area contributed by atoms with E-state index in [1.807, 2.05) is 0 Å². The summed E-state index contributed by atoms with van der Waals surface area (Å²) in [5.74, 6) is 2.60. The van der Waals surface area contributed by atoms with E-state index >= 15 is 0 Å². The molecule has 0 aromatic rings. The van der Waals surface area contributed by atoms with Gasteiger partial charge in [0.1, 0.15) is 6.10 Å². The summed E-state index contributed by atoms with van der Waals surface area (Å²) >= 11 is 0. The van der Waals surface area contributed by atoms with Crippen molar-refractivity contribution in [1.29, 1.82) is 0 Å². The molecule has 0 spiro atoms. The van der Waals surface area contributed by atoms with Gasteiger partial charge in [-0.2, -0.15) is 0 Å². The Morgan fingerprint density at radius 2 is 2.07 bits per heavy atom. The lowest BCUT2D eigenvalue weighted by molar-refractivity contribution is -0.0105. The van der Waals surface area contributed by atoms with E-state index in [1.54, 1.807) is 0 Å². The van der Waals surface area contributed by atoms with Crippen LogP contribution in [0.2, 0.25) is 5.54 Å². The molecule has 15 heavy (non-hydrogen) atoms. The van der Waals surface area contributed by atoms with E-state index in [0.29, 0.717) is 0 Å². The van der Waals surface area contributed by atoms with Crippen LogP contribution in [0, 0.1) is 17.8 Å². The minimum Gasteiger partial charge on any atom is -0.394 e. The van der Waals surface area contributed by atoms with Gasteiger partial charge in [-0.3, -0.25) is 0 Å². The molecule has 2 rings (SSSR count). The molecule has 0 aromatic carbocycles. The van der Waals surface area contributed by atoms with Crippen LogP contribution in [0.5, 0.6) is 0 Å². The van der Waals surface area contributed by atoms with Crippen molar-refractivity contribution < 1.29 is 14.9 Å². The molecule has 0 radical (unpaired) electrons. The molecule has 2 fully saturated rings. The quantitative estimate of drug-likeness (QED) is 0.629. The Hall–Kier alpha value is 0.0969. The topological polar surface area (TPSA) is 49.7 Å². The maximum Gasteiger partial charge on any atom is 0.100 e. The number of aliphatic hydroxyl groups excluding tert-OH is 2. The van der Waals surface area contributed by atoms with E-state index in [1.165, 1.54) is 29.5 Å². The minimum atomic E-state index is -0.699. The summed E-state index contributed by atoms with van der Waals surface area (Å²) in [5.41, 5.74) is 1.05. The van der Waals surface area contributed by atoms with Gasteiger partial charge in [-0.15, -0.1) is 0 Å². The number of hydrogen-bond acceptors (Lipinski definition) is 3. The Kier molecular flexibility index (Phi) is 3.82. The molecular formula is C11H22O3Si. The van der Waals surface area contributed by atoms with Gasteiger partial charge >= 0.3 is 0 Å². The number of hydrogen-bond donors (Lipinski definition) is 2. The van der Waals surface area contributed by atoms with Crippen LogP contribution in [0.3, 0.4) is 0 Å². The lowest BCUT2D eigenvalue weighted by atomic mass is 9.89. The monoisotopic (exact) mass is 230 g/mol. The standard InChI is InChI=1S/C11H22O3Si/c12-4-10(13)6-14-5-9-2-8-1-7(9)3-11(8)15/h7-13H,1-6H2,15H3. The molecule has 4 heteroatoms. The third kappa shape index (κ3) is 2.61. The number of fused-ring (bicyclic) bond motifs is 2. The lowest BCUT2D eigenvalue weighted by Crippen LogP contribution is -2.24. The van der Waals surface area contributed by atoms with Crippen LogP contribution in [-0.4, -0.2) is 46.4 Å². The molecule has 5 atom stereocenters. The average Bonchev–Trinajstić information content (AvgIpc) is 2.76. The number of ether oxygens (including phenoxy) is 1. The fourth-order valence-corrected chi connectivity index (χ4v) is 4.44. The average molecular weight is 230 g/mol.